The zero-order chi connectivity index (χ0) is 17.6. The van der Waals surface area contributed by atoms with Crippen molar-refractivity contribution in [3.63, 3.8) is 0 Å². The van der Waals surface area contributed by atoms with Gasteiger partial charge in [-0.05, 0) is 42.0 Å². The van der Waals surface area contributed by atoms with Crippen LogP contribution in [-0.4, -0.2) is 10.9 Å². The molecule has 6 heteroatoms. The van der Waals surface area contributed by atoms with Crippen LogP contribution in [0.1, 0.15) is 15.9 Å². The largest absolute Gasteiger partial charge is 0.366 e. The van der Waals surface area contributed by atoms with E-state index >= 15 is 0 Å². The van der Waals surface area contributed by atoms with Crippen LogP contribution in [0.3, 0.4) is 0 Å². The summed E-state index contributed by atoms with van der Waals surface area (Å²) >= 11 is 6.11. The van der Waals surface area contributed by atoms with Crippen molar-refractivity contribution in [3.8, 4) is 0 Å². The fourth-order valence-corrected chi connectivity index (χ4v) is 2.44. The molecule has 1 aromatic heterocycles. The average Bonchev–Trinajstić information content (AvgIpc) is 2.62. The van der Waals surface area contributed by atoms with Gasteiger partial charge in [0.05, 0.1) is 11.9 Å². The fourth-order valence-electron chi connectivity index (χ4n) is 2.23. The minimum absolute atomic E-state index is 0.251. The second kappa shape index (κ2) is 7.77. The lowest BCUT2D eigenvalue weighted by atomic mass is 10.2. The zero-order valence-corrected chi connectivity index (χ0v) is 13.9. The van der Waals surface area contributed by atoms with Gasteiger partial charge < -0.3 is 10.6 Å². The predicted molar refractivity (Wildman–Crippen MR) is 97.4 cm³/mol. The van der Waals surface area contributed by atoms with Gasteiger partial charge in [0.25, 0.3) is 5.91 Å². The maximum absolute atomic E-state index is 13.2. The van der Waals surface area contributed by atoms with Gasteiger partial charge in [-0.2, -0.15) is 0 Å². The molecule has 0 radical (unpaired) electrons. The summed E-state index contributed by atoms with van der Waals surface area (Å²) < 4.78 is 13.2. The molecule has 25 heavy (non-hydrogen) atoms. The Morgan fingerprint density at radius 1 is 1.08 bits per heavy atom. The Morgan fingerprint density at radius 3 is 2.64 bits per heavy atom. The van der Waals surface area contributed by atoms with Crippen molar-refractivity contribution >= 4 is 29.0 Å². The number of carbonyl (C=O) groups excluding carboxylic acids is 1. The van der Waals surface area contributed by atoms with Crippen LogP contribution in [0.4, 0.5) is 15.9 Å². The van der Waals surface area contributed by atoms with E-state index in [1.807, 2.05) is 24.3 Å². The lowest BCUT2D eigenvalue weighted by Crippen LogP contribution is -2.12. The third-order valence-electron chi connectivity index (χ3n) is 3.53. The number of rotatable bonds is 5. The second-order valence-electron chi connectivity index (χ2n) is 5.34. The van der Waals surface area contributed by atoms with Crippen LogP contribution in [0.25, 0.3) is 0 Å². The number of halogens is 2. The van der Waals surface area contributed by atoms with Gasteiger partial charge in [-0.3, -0.25) is 4.79 Å². The SMILES string of the molecule is O=C(Nc1ccc(NCc2ccccc2Cl)nc1)c1cccc(F)c1. The molecule has 0 aliphatic rings. The highest BCUT2D eigenvalue weighted by Gasteiger charge is 2.07. The molecule has 0 unspecified atom stereocenters. The van der Waals surface area contributed by atoms with E-state index in [1.165, 1.54) is 24.4 Å². The molecule has 1 heterocycles. The normalized spacial score (nSPS) is 10.3. The van der Waals surface area contributed by atoms with E-state index in [0.29, 0.717) is 23.1 Å². The predicted octanol–water partition coefficient (Wildman–Crippen LogP) is 4.74. The van der Waals surface area contributed by atoms with Gasteiger partial charge in [-0.25, -0.2) is 9.37 Å². The first-order chi connectivity index (χ1) is 12.1. The lowest BCUT2D eigenvalue weighted by Gasteiger charge is -2.09. The number of nitrogens with zero attached hydrogens (tertiary/aromatic N) is 1. The molecule has 3 aromatic rings. The summed E-state index contributed by atoms with van der Waals surface area (Å²) in [5, 5.41) is 6.53. The summed E-state index contributed by atoms with van der Waals surface area (Å²) in [4.78, 5) is 16.3. The third kappa shape index (κ3) is 4.55. The summed E-state index contributed by atoms with van der Waals surface area (Å²) in [6, 6.07) is 16.5. The molecule has 0 spiro atoms. The van der Waals surface area contributed by atoms with E-state index < -0.39 is 11.7 Å². The minimum Gasteiger partial charge on any atom is -0.366 e. The first-order valence-electron chi connectivity index (χ1n) is 7.62. The molecule has 0 fully saturated rings. The number of benzene rings is 2. The van der Waals surface area contributed by atoms with E-state index in [0.717, 1.165) is 5.56 Å². The number of anilines is 2. The maximum atomic E-state index is 13.2. The number of hydrogen-bond donors (Lipinski definition) is 2. The molecule has 0 bridgehead atoms. The topological polar surface area (TPSA) is 54.0 Å². The van der Waals surface area contributed by atoms with Crippen molar-refractivity contribution in [2.75, 3.05) is 10.6 Å². The Labute approximate surface area is 149 Å². The highest BCUT2D eigenvalue weighted by Crippen LogP contribution is 2.17. The molecule has 126 valence electrons. The van der Waals surface area contributed by atoms with Crippen LogP contribution in [0, 0.1) is 5.82 Å². The van der Waals surface area contributed by atoms with E-state index in [4.69, 9.17) is 11.6 Å². The van der Waals surface area contributed by atoms with Crippen molar-refractivity contribution in [2.45, 2.75) is 6.54 Å². The summed E-state index contributed by atoms with van der Waals surface area (Å²) in [5.41, 5.74) is 1.74. The van der Waals surface area contributed by atoms with E-state index in [-0.39, 0.29) is 5.56 Å². The highest BCUT2D eigenvalue weighted by molar-refractivity contribution is 6.31. The van der Waals surface area contributed by atoms with Gasteiger partial charge >= 0.3 is 0 Å². The number of hydrogen-bond acceptors (Lipinski definition) is 3. The number of amides is 1. The molecule has 0 saturated heterocycles. The van der Waals surface area contributed by atoms with E-state index in [2.05, 4.69) is 15.6 Å². The van der Waals surface area contributed by atoms with Gasteiger partial charge in [0.2, 0.25) is 0 Å². The Hall–Kier alpha value is -2.92. The molecule has 2 aromatic carbocycles. The van der Waals surface area contributed by atoms with Crippen molar-refractivity contribution in [1.82, 2.24) is 4.98 Å². The molecule has 0 aliphatic carbocycles. The first-order valence-corrected chi connectivity index (χ1v) is 8.00. The first kappa shape index (κ1) is 16.9. The number of nitrogens with one attached hydrogen (secondary N) is 2. The van der Waals surface area contributed by atoms with Gasteiger partial charge in [0.1, 0.15) is 11.6 Å². The summed E-state index contributed by atoms with van der Waals surface area (Å²) in [5.74, 6) is -0.188. The molecule has 1 amide bonds. The summed E-state index contributed by atoms with van der Waals surface area (Å²) in [7, 11) is 0. The van der Waals surface area contributed by atoms with Crippen LogP contribution < -0.4 is 10.6 Å². The highest BCUT2D eigenvalue weighted by atomic mass is 35.5. The van der Waals surface area contributed by atoms with Crippen molar-refractivity contribution in [3.05, 3.63) is 88.8 Å². The van der Waals surface area contributed by atoms with Crippen LogP contribution in [0.15, 0.2) is 66.9 Å². The van der Waals surface area contributed by atoms with Gasteiger partial charge in [-0.15, -0.1) is 0 Å². The zero-order valence-electron chi connectivity index (χ0n) is 13.2. The number of aromatic nitrogens is 1. The van der Waals surface area contributed by atoms with Crippen LogP contribution in [0.2, 0.25) is 5.02 Å². The smallest absolute Gasteiger partial charge is 0.255 e. The van der Waals surface area contributed by atoms with Gasteiger partial charge in [0.15, 0.2) is 0 Å². The Bertz CT molecular complexity index is 884. The minimum atomic E-state index is -0.454. The third-order valence-corrected chi connectivity index (χ3v) is 3.89. The molecule has 4 nitrogen and oxygen atoms in total. The molecular weight excluding hydrogens is 341 g/mol. The second-order valence-corrected chi connectivity index (χ2v) is 5.75. The monoisotopic (exact) mass is 355 g/mol. The van der Waals surface area contributed by atoms with Gasteiger partial charge in [-0.1, -0.05) is 35.9 Å². The maximum Gasteiger partial charge on any atom is 0.255 e. The van der Waals surface area contributed by atoms with Crippen LogP contribution >= 0.6 is 11.6 Å². The lowest BCUT2D eigenvalue weighted by molar-refractivity contribution is 0.102. The van der Waals surface area contributed by atoms with Crippen molar-refractivity contribution in [2.24, 2.45) is 0 Å². The fraction of sp³-hybridized carbons (Fsp3) is 0.0526. The molecule has 0 atom stereocenters. The van der Waals surface area contributed by atoms with Crippen LogP contribution in [-0.2, 0) is 6.54 Å². The quantitative estimate of drug-likeness (QED) is 0.695. The number of pyridine rings is 1. The van der Waals surface area contributed by atoms with Crippen molar-refractivity contribution < 1.29 is 9.18 Å². The van der Waals surface area contributed by atoms with Crippen LogP contribution in [0.5, 0.6) is 0 Å². The summed E-state index contributed by atoms with van der Waals surface area (Å²) in [6.07, 6.45) is 1.53. The average molecular weight is 356 g/mol. The van der Waals surface area contributed by atoms with Crippen molar-refractivity contribution in [1.29, 1.82) is 0 Å². The molecule has 2 N–H and O–H groups in total. The summed E-state index contributed by atoms with van der Waals surface area (Å²) in [6.45, 7) is 0.543. The Kier molecular flexibility index (Phi) is 5.26. The molecule has 3 rings (SSSR count). The Balaban J connectivity index is 1.60. The molecule has 0 saturated carbocycles. The van der Waals surface area contributed by atoms with Gasteiger partial charge in [0, 0.05) is 17.1 Å². The number of carbonyl (C=O) groups is 1. The van der Waals surface area contributed by atoms with E-state index in [1.54, 1.807) is 18.2 Å². The van der Waals surface area contributed by atoms with E-state index in [9.17, 15) is 9.18 Å². The molecule has 0 aliphatic heterocycles. The standard InChI is InChI=1S/C19H15ClFN3O/c20-17-7-2-1-4-14(17)11-22-18-9-8-16(12-23-18)24-19(25)13-5-3-6-15(21)10-13/h1-10,12H,11H2,(H,22,23)(H,24,25). The molecular formula is C19H15ClFN3O. The Morgan fingerprint density at radius 2 is 1.92 bits per heavy atom.